The van der Waals surface area contributed by atoms with Crippen LogP contribution in [0.5, 0.6) is 0 Å². The molecule has 1 aliphatic heterocycles. The number of urea groups is 1. The van der Waals surface area contributed by atoms with Gasteiger partial charge in [0, 0.05) is 11.4 Å². The number of imide groups is 1. The Labute approximate surface area is 117 Å². The van der Waals surface area contributed by atoms with Crippen LogP contribution in [0.3, 0.4) is 0 Å². The Kier molecular flexibility index (Phi) is 5.20. The topological polar surface area (TPSA) is 105 Å². The first kappa shape index (κ1) is 16.1. The fourth-order valence-corrected chi connectivity index (χ4v) is 2.87. The summed E-state index contributed by atoms with van der Waals surface area (Å²) in [7, 11) is -3.78. The Morgan fingerprint density at radius 1 is 1.20 bits per heavy atom. The Balaban J connectivity index is 0.000000217. The highest BCUT2D eigenvalue weighted by molar-refractivity contribution is 7.91. The van der Waals surface area contributed by atoms with Crippen molar-refractivity contribution in [3.8, 4) is 0 Å². The van der Waals surface area contributed by atoms with E-state index in [4.69, 9.17) is 0 Å². The molecule has 2 rings (SSSR count). The van der Waals surface area contributed by atoms with Crippen LogP contribution in [0.25, 0.3) is 0 Å². The Bertz CT molecular complexity index is 596. The molecule has 110 valence electrons. The summed E-state index contributed by atoms with van der Waals surface area (Å²) in [6.45, 7) is 5.54. The smallest absolute Gasteiger partial charge is 0.276 e. The van der Waals surface area contributed by atoms with Crippen LogP contribution in [0.15, 0.2) is 18.2 Å². The summed E-state index contributed by atoms with van der Waals surface area (Å²) in [5.74, 6) is -0.763. The van der Waals surface area contributed by atoms with E-state index in [2.05, 4.69) is 4.98 Å². The lowest BCUT2D eigenvalue weighted by atomic mass is 10.3. The number of aromatic nitrogens is 1. The van der Waals surface area contributed by atoms with Crippen molar-refractivity contribution in [1.82, 2.24) is 15.0 Å². The number of pyridine rings is 1. The van der Waals surface area contributed by atoms with Crippen LogP contribution >= 0.6 is 0 Å². The molecule has 0 saturated carbocycles. The molecule has 2 heterocycles. The lowest BCUT2D eigenvalue weighted by Gasteiger charge is -2.20. The van der Waals surface area contributed by atoms with Crippen molar-refractivity contribution in [2.24, 2.45) is 0 Å². The number of nitrogens with zero attached hydrogens (tertiary/aromatic N) is 1. The van der Waals surface area contributed by atoms with E-state index in [1.165, 1.54) is 0 Å². The van der Waals surface area contributed by atoms with Gasteiger partial charge in [-0.15, -0.1) is 0 Å². The highest BCUT2D eigenvalue weighted by Crippen LogP contribution is 2.07. The predicted octanol–water partition coefficient (Wildman–Crippen LogP) is 0.633. The van der Waals surface area contributed by atoms with E-state index < -0.39 is 27.2 Å². The standard InChI is InChI=1S/C7H9N.C5H8N2O4S/c1-6-4-3-5-7(2)8-6;1-2-3-4(8)6-5(9)7-12(3,10)11/h3-5H,1-2H3;3H,2H2,1H3,(H2,6,7,8,9). The third kappa shape index (κ3) is 4.30. The molecule has 1 aromatic rings. The molecule has 0 spiro atoms. The van der Waals surface area contributed by atoms with Gasteiger partial charge in [0.2, 0.25) is 15.9 Å². The largest absolute Gasteiger partial charge is 0.335 e. The maximum atomic E-state index is 11.0. The summed E-state index contributed by atoms with van der Waals surface area (Å²) in [6.07, 6.45) is 0.147. The van der Waals surface area contributed by atoms with Gasteiger partial charge < -0.3 is 0 Å². The molecule has 3 amide bonds. The molecule has 0 aromatic carbocycles. The van der Waals surface area contributed by atoms with Gasteiger partial charge in [-0.1, -0.05) is 13.0 Å². The van der Waals surface area contributed by atoms with Crippen LogP contribution in [-0.4, -0.2) is 30.6 Å². The van der Waals surface area contributed by atoms with Crippen LogP contribution in [0.4, 0.5) is 4.79 Å². The van der Waals surface area contributed by atoms with Crippen molar-refractivity contribution in [1.29, 1.82) is 0 Å². The minimum absolute atomic E-state index is 0.147. The van der Waals surface area contributed by atoms with Crippen LogP contribution in [0, 0.1) is 13.8 Å². The van der Waals surface area contributed by atoms with Crippen molar-refractivity contribution in [3.63, 3.8) is 0 Å². The van der Waals surface area contributed by atoms with Crippen molar-refractivity contribution in [2.75, 3.05) is 0 Å². The molecule has 0 aliphatic carbocycles. The summed E-state index contributed by atoms with van der Waals surface area (Å²) < 4.78 is 23.8. The monoisotopic (exact) mass is 299 g/mol. The number of nitrogens with one attached hydrogen (secondary N) is 2. The maximum Gasteiger partial charge on any atom is 0.335 e. The second kappa shape index (κ2) is 6.47. The van der Waals surface area contributed by atoms with Gasteiger partial charge in [0.1, 0.15) is 0 Å². The van der Waals surface area contributed by atoms with E-state index in [0.717, 1.165) is 11.4 Å². The average Bonchev–Trinajstić information content (AvgIpc) is 2.27. The normalized spacial score (nSPS) is 20.2. The van der Waals surface area contributed by atoms with E-state index in [0.29, 0.717) is 0 Å². The van der Waals surface area contributed by atoms with E-state index >= 15 is 0 Å². The van der Waals surface area contributed by atoms with E-state index in [-0.39, 0.29) is 6.42 Å². The maximum absolute atomic E-state index is 11.0. The van der Waals surface area contributed by atoms with Gasteiger partial charge in [0.15, 0.2) is 5.25 Å². The van der Waals surface area contributed by atoms with Crippen LogP contribution in [0.2, 0.25) is 0 Å². The molecule has 0 radical (unpaired) electrons. The molecule has 20 heavy (non-hydrogen) atoms. The summed E-state index contributed by atoms with van der Waals surface area (Å²) in [6, 6.07) is 5.02. The molecule has 1 unspecified atom stereocenters. The molecule has 1 fully saturated rings. The number of hydrogen-bond acceptors (Lipinski definition) is 5. The SMILES string of the molecule is CCC1C(=O)NC(=O)NS1(=O)=O.Cc1cccc(C)n1. The number of carbonyl (C=O) groups excluding carboxylic acids is 2. The lowest BCUT2D eigenvalue weighted by molar-refractivity contribution is -0.119. The second-order valence-electron chi connectivity index (χ2n) is 4.28. The predicted molar refractivity (Wildman–Crippen MR) is 73.4 cm³/mol. The number of aryl methyl sites for hydroxylation is 2. The second-order valence-corrected chi connectivity index (χ2v) is 6.15. The molecule has 8 heteroatoms. The zero-order chi connectivity index (χ0) is 15.3. The third-order valence-corrected chi connectivity index (χ3v) is 4.30. The summed E-state index contributed by atoms with van der Waals surface area (Å²) in [5, 5.41) is 0.711. The van der Waals surface area contributed by atoms with E-state index in [1.54, 1.807) is 11.6 Å². The summed E-state index contributed by atoms with van der Waals surface area (Å²) >= 11 is 0. The molecule has 1 atom stereocenters. The fraction of sp³-hybridized carbons (Fsp3) is 0.417. The Morgan fingerprint density at radius 3 is 2.10 bits per heavy atom. The van der Waals surface area contributed by atoms with Gasteiger partial charge in [-0.3, -0.25) is 15.1 Å². The van der Waals surface area contributed by atoms with Crippen LogP contribution in [-0.2, 0) is 14.8 Å². The number of sulfonamides is 1. The van der Waals surface area contributed by atoms with Crippen molar-refractivity contribution < 1.29 is 18.0 Å². The van der Waals surface area contributed by atoms with Gasteiger partial charge in [0.05, 0.1) is 0 Å². The Hall–Kier alpha value is -1.96. The molecule has 1 saturated heterocycles. The van der Waals surface area contributed by atoms with Gasteiger partial charge in [0.25, 0.3) is 0 Å². The van der Waals surface area contributed by atoms with Gasteiger partial charge in [-0.2, -0.15) is 0 Å². The molecule has 1 aliphatic rings. The zero-order valence-corrected chi connectivity index (χ0v) is 12.3. The van der Waals surface area contributed by atoms with Gasteiger partial charge in [-0.25, -0.2) is 17.9 Å². The zero-order valence-electron chi connectivity index (χ0n) is 11.5. The summed E-state index contributed by atoms with van der Waals surface area (Å²) in [5.41, 5.74) is 2.18. The van der Waals surface area contributed by atoms with E-state index in [1.807, 2.05) is 37.4 Å². The number of carbonyl (C=O) groups is 2. The van der Waals surface area contributed by atoms with Crippen LogP contribution in [0.1, 0.15) is 24.7 Å². The molecule has 7 nitrogen and oxygen atoms in total. The van der Waals surface area contributed by atoms with Gasteiger partial charge in [-0.05, 0) is 32.4 Å². The quantitative estimate of drug-likeness (QED) is 0.791. The minimum Gasteiger partial charge on any atom is -0.276 e. The van der Waals surface area contributed by atoms with Crippen molar-refractivity contribution >= 4 is 22.0 Å². The van der Waals surface area contributed by atoms with E-state index in [9.17, 15) is 18.0 Å². The highest BCUT2D eigenvalue weighted by atomic mass is 32.2. The number of amides is 3. The Morgan fingerprint density at radius 2 is 1.75 bits per heavy atom. The average molecular weight is 299 g/mol. The van der Waals surface area contributed by atoms with Crippen molar-refractivity contribution in [3.05, 3.63) is 29.6 Å². The number of hydrogen-bond donors (Lipinski definition) is 2. The third-order valence-electron chi connectivity index (χ3n) is 2.54. The number of rotatable bonds is 1. The lowest BCUT2D eigenvalue weighted by Crippen LogP contribution is -2.57. The summed E-state index contributed by atoms with van der Waals surface area (Å²) in [4.78, 5) is 25.6. The molecule has 2 N–H and O–H groups in total. The minimum atomic E-state index is -3.78. The molecule has 0 bridgehead atoms. The molecular formula is C12H17N3O4S. The van der Waals surface area contributed by atoms with Gasteiger partial charge >= 0.3 is 6.03 Å². The van der Waals surface area contributed by atoms with Crippen molar-refractivity contribution in [2.45, 2.75) is 32.4 Å². The fourth-order valence-electron chi connectivity index (χ4n) is 1.64. The molecule has 1 aromatic heterocycles. The first-order valence-electron chi connectivity index (χ1n) is 6.03. The first-order valence-corrected chi connectivity index (χ1v) is 7.57. The first-order chi connectivity index (χ1) is 9.26. The van der Waals surface area contributed by atoms with Crippen LogP contribution < -0.4 is 10.0 Å². The molecular weight excluding hydrogens is 282 g/mol. The highest BCUT2D eigenvalue weighted by Gasteiger charge is 2.37.